The fraction of sp³-hybridized carbons (Fsp3) is 0.300. The van der Waals surface area contributed by atoms with Crippen LogP contribution in [0.5, 0.6) is 5.75 Å². The quantitative estimate of drug-likeness (QED) is 0.711. The summed E-state index contributed by atoms with van der Waals surface area (Å²) in [5.74, 6) is 0.312. The van der Waals surface area contributed by atoms with Crippen molar-refractivity contribution in [3.05, 3.63) is 29.3 Å². The van der Waals surface area contributed by atoms with Gasteiger partial charge in [-0.05, 0) is 18.6 Å². The molecule has 13 heavy (non-hydrogen) atoms. The summed E-state index contributed by atoms with van der Waals surface area (Å²) >= 11 is 0. The van der Waals surface area contributed by atoms with Crippen molar-refractivity contribution in [2.45, 2.75) is 13.3 Å². The summed E-state index contributed by atoms with van der Waals surface area (Å²) in [6.07, 6.45) is 0.775. The molecule has 0 saturated heterocycles. The molecule has 2 rings (SSSR count). The van der Waals surface area contributed by atoms with Crippen LogP contribution in [0.2, 0.25) is 0 Å². The van der Waals surface area contributed by atoms with Crippen LogP contribution in [0.3, 0.4) is 0 Å². The molecular formula is C10H11NO2. The molecule has 1 heterocycles. The van der Waals surface area contributed by atoms with E-state index < -0.39 is 0 Å². The molecule has 0 fully saturated rings. The van der Waals surface area contributed by atoms with Crippen LogP contribution in [0, 0.1) is 6.92 Å². The third-order valence-corrected chi connectivity index (χ3v) is 2.15. The summed E-state index contributed by atoms with van der Waals surface area (Å²) in [5.41, 5.74) is 2.49. The van der Waals surface area contributed by atoms with Gasteiger partial charge in [0.15, 0.2) is 0 Å². The number of hydrogen-bond acceptors (Lipinski definition) is 3. The molecule has 0 saturated carbocycles. The van der Waals surface area contributed by atoms with E-state index in [9.17, 15) is 5.11 Å². The van der Waals surface area contributed by atoms with Gasteiger partial charge in [0.25, 0.3) is 0 Å². The second-order valence-electron chi connectivity index (χ2n) is 3.09. The van der Waals surface area contributed by atoms with Crippen LogP contribution in [0.1, 0.15) is 17.5 Å². The van der Waals surface area contributed by atoms with Gasteiger partial charge in [0.2, 0.25) is 0 Å². The van der Waals surface area contributed by atoms with Gasteiger partial charge in [-0.15, -0.1) is 0 Å². The molecular weight excluding hydrogens is 166 g/mol. The molecule has 0 spiro atoms. The van der Waals surface area contributed by atoms with E-state index in [-0.39, 0.29) is 0 Å². The fourth-order valence-corrected chi connectivity index (χ4v) is 1.39. The van der Waals surface area contributed by atoms with Crippen LogP contribution in [-0.2, 0) is 4.84 Å². The van der Waals surface area contributed by atoms with Gasteiger partial charge >= 0.3 is 0 Å². The topological polar surface area (TPSA) is 41.8 Å². The van der Waals surface area contributed by atoms with Gasteiger partial charge in [0.1, 0.15) is 12.4 Å². The van der Waals surface area contributed by atoms with E-state index in [1.165, 1.54) is 0 Å². The summed E-state index contributed by atoms with van der Waals surface area (Å²) in [4.78, 5) is 4.88. The summed E-state index contributed by atoms with van der Waals surface area (Å²) in [6, 6.07) is 5.64. The predicted molar refractivity (Wildman–Crippen MR) is 49.9 cm³/mol. The van der Waals surface area contributed by atoms with E-state index in [2.05, 4.69) is 5.16 Å². The Balaban J connectivity index is 2.45. The first-order chi connectivity index (χ1) is 6.29. The van der Waals surface area contributed by atoms with Crippen molar-refractivity contribution in [3.8, 4) is 5.75 Å². The molecule has 0 amide bonds. The molecule has 0 aromatic heterocycles. The second-order valence-corrected chi connectivity index (χ2v) is 3.09. The van der Waals surface area contributed by atoms with E-state index >= 15 is 0 Å². The highest BCUT2D eigenvalue weighted by Crippen LogP contribution is 2.24. The van der Waals surface area contributed by atoms with Crippen LogP contribution in [0.4, 0.5) is 0 Å². The molecule has 0 aliphatic carbocycles. The standard InChI is InChI=1S/C10H11NO2/c1-7-3-2-4-8(10(7)12)9-5-6-13-11-9/h2-4,12H,5-6H2,1H3. The van der Waals surface area contributed by atoms with Crippen LogP contribution in [0.15, 0.2) is 23.4 Å². The van der Waals surface area contributed by atoms with Crippen LogP contribution < -0.4 is 0 Å². The van der Waals surface area contributed by atoms with E-state index in [4.69, 9.17) is 4.84 Å². The molecule has 1 aliphatic rings. The Morgan fingerprint density at radius 2 is 2.31 bits per heavy atom. The minimum absolute atomic E-state index is 0.312. The van der Waals surface area contributed by atoms with E-state index in [0.29, 0.717) is 12.4 Å². The average molecular weight is 177 g/mol. The number of aromatic hydroxyl groups is 1. The maximum atomic E-state index is 9.72. The number of rotatable bonds is 1. The lowest BCUT2D eigenvalue weighted by atomic mass is 10.0. The first-order valence-electron chi connectivity index (χ1n) is 4.27. The molecule has 0 unspecified atom stereocenters. The van der Waals surface area contributed by atoms with Gasteiger partial charge in [-0.1, -0.05) is 17.3 Å². The normalized spacial score (nSPS) is 15.3. The van der Waals surface area contributed by atoms with Crippen LogP contribution in [0.25, 0.3) is 0 Å². The Hall–Kier alpha value is -1.51. The number of para-hydroxylation sites is 1. The average Bonchev–Trinajstić information content (AvgIpc) is 2.62. The van der Waals surface area contributed by atoms with Gasteiger partial charge in [-0.2, -0.15) is 0 Å². The lowest BCUT2D eigenvalue weighted by Crippen LogP contribution is -1.98. The first-order valence-corrected chi connectivity index (χ1v) is 4.27. The molecule has 3 nitrogen and oxygen atoms in total. The Morgan fingerprint density at radius 1 is 1.46 bits per heavy atom. The molecule has 1 N–H and O–H groups in total. The highest BCUT2D eigenvalue weighted by Gasteiger charge is 2.14. The number of phenols is 1. The van der Waals surface area contributed by atoms with Crippen molar-refractivity contribution in [1.82, 2.24) is 0 Å². The maximum Gasteiger partial charge on any atom is 0.127 e. The Labute approximate surface area is 76.6 Å². The van der Waals surface area contributed by atoms with Crippen molar-refractivity contribution < 1.29 is 9.94 Å². The smallest absolute Gasteiger partial charge is 0.127 e. The molecule has 3 heteroatoms. The zero-order chi connectivity index (χ0) is 9.26. The lowest BCUT2D eigenvalue weighted by molar-refractivity contribution is 0.174. The number of phenolic OH excluding ortho intramolecular Hbond substituents is 1. The largest absolute Gasteiger partial charge is 0.507 e. The molecule has 1 aromatic rings. The number of aryl methyl sites for hydroxylation is 1. The summed E-state index contributed by atoms with van der Waals surface area (Å²) in [6.45, 7) is 2.48. The van der Waals surface area contributed by atoms with Gasteiger partial charge in [0, 0.05) is 12.0 Å². The van der Waals surface area contributed by atoms with Crippen molar-refractivity contribution in [2.75, 3.05) is 6.61 Å². The third-order valence-electron chi connectivity index (χ3n) is 2.15. The molecule has 1 aromatic carbocycles. The van der Waals surface area contributed by atoms with Gasteiger partial charge < -0.3 is 9.94 Å². The van der Waals surface area contributed by atoms with Crippen molar-refractivity contribution in [1.29, 1.82) is 0 Å². The minimum Gasteiger partial charge on any atom is -0.507 e. The number of hydrogen-bond donors (Lipinski definition) is 1. The number of nitrogens with zero attached hydrogens (tertiary/aromatic N) is 1. The Bertz CT molecular complexity index is 358. The number of benzene rings is 1. The molecule has 0 bridgehead atoms. The molecule has 0 radical (unpaired) electrons. The maximum absolute atomic E-state index is 9.72. The van der Waals surface area contributed by atoms with Crippen molar-refractivity contribution in [2.24, 2.45) is 5.16 Å². The van der Waals surface area contributed by atoms with Crippen molar-refractivity contribution in [3.63, 3.8) is 0 Å². The molecule has 68 valence electrons. The zero-order valence-corrected chi connectivity index (χ0v) is 7.45. The minimum atomic E-state index is 0.312. The summed E-state index contributed by atoms with van der Waals surface area (Å²) in [7, 11) is 0. The third kappa shape index (κ3) is 1.37. The SMILES string of the molecule is Cc1cccc(C2=NOCC2)c1O. The summed E-state index contributed by atoms with van der Waals surface area (Å²) in [5, 5.41) is 13.6. The highest BCUT2D eigenvalue weighted by atomic mass is 16.6. The van der Waals surface area contributed by atoms with E-state index in [1.807, 2.05) is 25.1 Å². The summed E-state index contributed by atoms with van der Waals surface area (Å²) < 4.78 is 0. The van der Waals surface area contributed by atoms with Crippen molar-refractivity contribution >= 4 is 5.71 Å². The van der Waals surface area contributed by atoms with Crippen LogP contribution in [-0.4, -0.2) is 17.4 Å². The fourth-order valence-electron chi connectivity index (χ4n) is 1.39. The van der Waals surface area contributed by atoms with E-state index in [1.54, 1.807) is 0 Å². The van der Waals surface area contributed by atoms with E-state index in [0.717, 1.165) is 23.3 Å². The zero-order valence-electron chi connectivity index (χ0n) is 7.45. The lowest BCUT2D eigenvalue weighted by Gasteiger charge is -2.04. The predicted octanol–water partition coefficient (Wildman–Crippen LogP) is 1.83. The van der Waals surface area contributed by atoms with Crippen LogP contribution >= 0.6 is 0 Å². The molecule has 1 aliphatic heterocycles. The van der Waals surface area contributed by atoms with Gasteiger partial charge in [-0.25, -0.2) is 0 Å². The van der Waals surface area contributed by atoms with Gasteiger partial charge in [-0.3, -0.25) is 0 Å². The molecule has 0 atom stereocenters. The Kier molecular flexibility index (Phi) is 1.93. The monoisotopic (exact) mass is 177 g/mol. The van der Waals surface area contributed by atoms with Gasteiger partial charge in [0.05, 0.1) is 5.71 Å². The first kappa shape index (κ1) is 8.10. The Morgan fingerprint density at radius 3 is 3.00 bits per heavy atom. The second kappa shape index (κ2) is 3.09. The number of oxime groups is 1. The highest BCUT2D eigenvalue weighted by molar-refractivity contribution is 6.03.